The molecule has 4 rings (SSSR count). The van der Waals surface area contributed by atoms with Gasteiger partial charge in [0.2, 0.25) is 5.95 Å². The number of unbranched alkanes of at least 4 members (excludes halogenated alkanes) is 3. The van der Waals surface area contributed by atoms with Crippen molar-refractivity contribution in [2.45, 2.75) is 36.8 Å². The maximum Gasteiger partial charge on any atom is 0.255 e. The van der Waals surface area contributed by atoms with E-state index >= 15 is 0 Å². The van der Waals surface area contributed by atoms with Crippen molar-refractivity contribution in [2.75, 3.05) is 56.5 Å². The summed E-state index contributed by atoms with van der Waals surface area (Å²) in [4.78, 5) is 29.6. The summed E-state index contributed by atoms with van der Waals surface area (Å²) < 4.78 is 1.21. The van der Waals surface area contributed by atoms with Gasteiger partial charge in [0.1, 0.15) is 0 Å². The van der Waals surface area contributed by atoms with E-state index in [0.29, 0.717) is 0 Å². The van der Waals surface area contributed by atoms with Crippen LogP contribution < -0.4 is 4.90 Å². The summed E-state index contributed by atoms with van der Waals surface area (Å²) >= 11 is 3.60. The summed E-state index contributed by atoms with van der Waals surface area (Å²) in [5, 5.41) is 0. The predicted octanol–water partition coefficient (Wildman–Crippen LogP) is 3.78. The highest BCUT2D eigenvalue weighted by atomic mass is 32.2. The normalized spacial score (nSPS) is 17.8. The molecule has 1 fully saturated rings. The lowest BCUT2D eigenvalue weighted by Gasteiger charge is -2.34. The molecule has 2 aliphatic heterocycles. The Morgan fingerprint density at radius 1 is 0.967 bits per heavy atom. The minimum atomic E-state index is 0.236. The lowest BCUT2D eigenvalue weighted by Crippen LogP contribution is -2.47. The van der Waals surface area contributed by atoms with E-state index in [1.54, 1.807) is 11.3 Å². The second-order valence-electron chi connectivity index (χ2n) is 7.99. The molecule has 2 aromatic rings. The van der Waals surface area contributed by atoms with Gasteiger partial charge in [-0.05, 0) is 38.4 Å². The predicted molar refractivity (Wildman–Crippen MR) is 125 cm³/mol. The van der Waals surface area contributed by atoms with Gasteiger partial charge in [-0.2, -0.15) is 0 Å². The first-order valence-corrected chi connectivity index (χ1v) is 12.8. The van der Waals surface area contributed by atoms with E-state index in [1.165, 1.54) is 34.9 Å². The van der Waals surface area contributed by atoms with Crippen LogP contribution in [-0.2, 0) is 0 Å². The average Bonchev–Trinajstić information content (AvgIpc) is 3.09. The van der Waals surface area contributed by atoms with Gasteiger partial charge in [-0.3, -0.25) is 9.69 Å². The smallest absolute Gasteiger partial charge is 0.255 e. The first-order chi connectivity index (χ1) is 14.7. The molecule has 2 aliphatic rings. The van der Waals surface area contributed by atoms with Crippen molar-refractivity contribution in [3.05, 3.63) is 35.0 Å². The minimum Gasteiger partial charge on any atom is -0.338 e. The summed E-state index contributed by atoms with van der Waals surface area (Å²) in [6.07, 6.45) is 8.40. The Balaban J connectivity index is 1.10. The van der Waals surface area contributed by atoms with Crippen molar-refractivity contribution < 1.29 is 4.79 Å². The average molecular weight is 446 g/mol. The number of hydrogen-bond donors (Lipinski definition) is 0. The zero-order valence-electron chi connectivity index (χ0n) is 17.8. The third-order valence-corrected chi connectivity index (χ3v) is 8.11. The van der Waals surface area contributed by atoms with Crippen molar-refractivity contribution >= 4 is 35.0 Å². The first-order valence-electron chi connectivity index (χ1n) is 11.0. The molecular formula is C22H31N5OS2. The number of fused-ring (bicyclic) bond motifs is 1. The molecule has 30 heavy (non-hydrogen) atoms. The summed E-state index contributed by atoms with van der Waals surface area (Å²) in [5.41, 5.74) is 0.931. The molecule has 162 valence electrons. The quantitative estimate of drug-likeness (QED) is 0.577. The molecule has 0 aliphatic carbocycles. The van der Waals surface area contributed by atoms with E-state index in [2.05, 4.69) is 37.7 Å². The highest BCUT2D eigenvalue weighted by Crippen LogP contribution is 2.34. The number of carbonyl (C=O) groups excluding carboxylic acids is 1. The Hall–Kier alpha value is -1.64. The van der Waals surface area contributed by atoms with Crippen LogP contribution in [0.25, 0.3) is 0 Å². The van der Waals surface area contributed by atoms with Crippen LogP contribution in [0.4, 0.5) is 5.95 Å². The lowest BCUT2D eigenvalue weighted by atomic mass is 10.1. The molecule has 0 aromatic carbocycles. The Morgan fingerprint density at radius 2 is 1.70 bits per heavy atom. The minimum absolute atomic E-state index is 0.236. The Kier molecular flexibility index (Phi) is 7.62. The maximum atomic E-state index is 12.8. The summed E-state index contributed by atoms with van der Waals surface area (Å²) in [6.45, 7) is 9.20. The molecule has 0 saturated carbocycles. The Morgan fingerprint density at radius 3 is 2.47 bits per heavy atom. The van der Waals surface area contributed by atoms with Crippen molar-refractivity contribution in [1.29, 1.82) is 0 Å². The number of nitrogens with zero attached hydrogens (tertiary/aromatic N) is 5. The SMILES string of the molecule is Cc1cc2c(s1)SCCN(CCCCCCN1CCN(c3ncccn3)CC1)C2=O. The molecule has 0 N–H and O–H groups in total. The van der Waals surface area contributed by atoms with Gasteiger partial charge in [-0.25, -0.2) is 9.97 Å². The van der Waals surface area contributed by atoms with E-state index in [0.717, 1.165) is 63.0 Å². The van der Waals surface area contributed by atoms with Crippen molar-refractivity contribution in [3.8, 4) is 0 Å². The standard InChI is InChI=1S/C22H31N5OS2/c1-18-17-19-20(28)26(15-16-29-21(19)30-18)10-5-3-2-4-9-25-11-13-27(14-12-25)22-23-7-6-8-24-22/h6-8,17H,2-5,9-16H2,1H3. The van der Waals surface area contributed by atoms with Crippen LogP contribution in [0.2, 0.25) is 0 Å². The van der Waals surface area contributed by atoms with Gasteiger partial charge in [0.15, 0.2) is 0 Å². The number of piperazine rings is 1. The number of thioether (sulfide) groups is 1. The summed E-state index contributed by atoms with van der Waals surface area (Å²) in [7, 11) is 0. The zero-order chi connectivity index (χ0) is 20.8. The molecule has 4 heterocycles. The van der Waals surface area contributed by atoms with Crippen LogP contribution in [0.15, 0.2) is 28.7 Å². The molecule has 1 amide bonds. The third-order valence-electron chi connectivity index (χ3n) is 5.79. The van der Waals surface area contributed by atoms with Gasteiger partial charge in [0, 0.05) is 62.3 Å². The number of aromatic nitrogens is 2. The molecule has 2 aromatic heterocycles. The molecule has 0 radical (unpaired) electrons. The topological polar surface area (TPSA) is 52.6 Å². The molecule has 6 nitrogen and oxygen atoms in total. The van der Waals surface area contributed by atoms with Crippen LogP contribution in [0.5, 0.6) is 0 Å². The van der Waals surface area contributed by atoms with Crippen LogP contribution >= 0.6 is 23.1 Å². The fourth-order valence-electron chi connectivity index (χ4n) is 4.10. The van der Waals surface area contributed by atoms with Crippen LogP contribution in [0.1, 0.15) is 40.9 Å². The molecule has 0 atom stereocenters. The second-order valence-corrected chi connectivity index (χ2v) is 10.6. The van der Waals surface area contributed by atoms with Gasteiger partial charge in [-0.15, -0.1) is 23.1 Å². The zero-order valence-corrected chi connectivity index (χ0v) is 19.4. The van der Waals surface area contributed by atoms with Gasteiger partial charge in [0.05, 0.1) is 9.77 Å². The van der Waals surface area contributed by atoms with Crippen molar-refractivity contribution in [2.24, 2.45) is 0 Å². The number of thiophene rings is 1. The van der Waals surface area contributed by atoms with E-state index in [9.17, 15) is 4.79 Å². The number of aryl methyl sites for hydroxylation is 1. The van der Waals surface area contributed by atoms with Gasteiger partial charge in [-0.1, -0.05) is 12.8 Å². The molecule has 0 bridgehead atoms. The van der Waals surface area contributed by atoms with Gasteiger partial charge >= 0.3 is 0 Å². The fourth-order valence-corrected chi connectivity index (χ4v) is 6.50. The lowest BCUT2D eigenvalue weighted by molar-refractivity contribution is 0.0762. The summed E-state index contributed by atoms with van der Waals surface area (Å²) in [6, 6.07) is 3.93. The maximum absolute atomic E-state index is 12.8. The van der Waals surface area contributed by atoms with E-state index in [4.69, 9.17) is 0 Å². The molecule has 0 spiro atoms. The number of rotatable bonds is 8. The van der Waals surface area contributed by atoms with Crippen LogP contribution in [0, 0.1) is 6.92 Å². The number of anilines is 1. The Bertz CT molecular complexity index is 820. The molecule has 0 unspecified atom stereocenters. The van der Waals surface area contributed by atoms with E-state index < -0.39 is 0 Å². The van der Waals surface area contributed by atoms with Gasteiger partial charge < -0.3 is 9.80 Å². The number of hydrogen-bond acceptors (Lipinski definition) is 7. The molecule has 8 heteroatoms. The largest absolute Gasteiger partial charge is 0.338 e. The van der Waals surface area contributed by atoms with Gasteiger partial charge in [0.25, 0.3) is 5.91 Å². The molecular weight excluding hydrogens is 414 g/mol. The highest BCUT2D eigenvalue weighted by Gasteiger charge is 2.24. The van der Waals surface area contributed by atoms with E-state index in [1.807, 2.05) is 30.2 Å². The van der Waals surface area contributed by atoms with Crippen LogP contribution in [0.3, 0.4) is 0 Å². The molecule has 1 saturated heterocycles. The Labute approximate surface area is 187 Å². The monoisotopic (exact) mass is 445 g/mol. The number of amides is 1. The third kappa shape index (κ3) is 5.53. The highest BCUT2D eigenvalue weighted by molar-refractivity contribution is 8.01. The first kappa shape index (κ1) is 21.6. The van der Waals surface area contributed by atoms with Crippen LogP contribution in [-0.4, -0.2) is 77.2 Å². The fraction of sp³-hybridized carbons (Fsp3) is 0.591. The van der Waals surface area contributed by atoms with Crippen molar-refractivity contribution in [1.82, 2.24) is 19.8 Å². The number of carbonyl (C=O) groups is 1. The second kappa shape index (κ2) is 10.6. The summed E-state index contributed by atoms with van der Waals surface area (Å²) in [5.74, 6) is 2.10. The van der Waals surface area contributed by atoms with E-state index in [-0.39, 0.29) is 5.91 Å². The van der Waals surface area contributed by atoms with Crippen molar-refractivity contribution in [3.63, 3.8) is 0 Å².